The lowest BCUT2D eigenvalue weighted by atomic mass is 10.00. The molecule has 0 saturated carbocycles. The predicted octanol–water partition coefficient (Wildman–Crippen LogP) is 20.5. The first-order valence-corrected chi connectivity index (χ1v) is 33.7. The van der Waals surface area contributed by atoms with Crippen molar-refractivity contribution in [2.24, 2.45) is 0 Å². The molecule has 0 bridgehead atoms. The van der Waals surface area contributed by atoms with Gasteiger partial charge in [-0.05, 0) is 51.4 Å². The third kappa shape index (κ3) is 55.5. The number of carbonyl (C=O) groups excluding carboxylic acids is 1. The average molecular weight is 1040 g/mol. The third-order valence-electron chi connectivity index (χ3n) is 16.1. The van der Waals surface area contributed by atoms with Crippen molar-refractivity contribution in [1.29, 1.82) is 0 Å². The highest BCUT2D eigenvalue weighted by Gasteiger charge is 2.28. The molecular formula is C68H133NO5. The Kier molecular flexibility index (Phi) is 61.6. The maximum atomic E-state index is 12.6. The third-order valence-corrected chi connectivity index (χ3v) is 16.1. The van der Waals surface area contributed by atoms with Crippen LogP contribution in [0.2, 0.25) is 0 Å². The maximum Gasteiger partial charge on any atom is 0.249 e. The number of allylic oxidation sites excluding steroid dienone is 4. The molecule has 0 aliphatic carbocycles. The van der Waals surface area contributed by atoms with Gasteiger partial charge in [0.05, 0.1) is 18.8 Å². The highest BCUT2D eigenvalue weighted by atomic mass is 16.3. The highest BCUT2D eigenvalue weighted by Crippen LogP contribution is 2.19. The van der Waals surface area contributed by atoms with Gasteiger partial charge in [-0.25, -0.2) is 0 Å². The van der Waals surface area contributed by atoms with Crippen LogP contribution in [0, 0.1) is 0 Å². The van der Waals surface area contributed by atoms with E-state index >= 15 is 0 Å². The number of carbonyl (C=O) groups is 1. The molecule has 0 heterocycles. The van der Waals surface area contributed by atoms with Crippen molar-refractivity contribution in [3.63, 3.8) is 0 Å². The van der Waals surface area contributed by atoms with E-state index < -0.39 is 36.9 Å². The summed E-state index contributed by atoms with van der Waals surface area (Å²) in [5.41, 5.74) is 0. The van der Waals surface area contributed by atoms with Crippen molar-refractivity contribution >= 4 is 5.91 Å². The van der Waals surface area contributed by atoms with Crippen LogP contribution >= 0.6 is 0 Å². The summed E-state index contributed by atoms with van der Waals surface area (Å²) < 4.78 is 0. The molecule has 6 heteroatoms. The zero-order valence-electron chi connectivity index (χ0n) is 50.1. The Balaban J connectivity index is 3.59. The van der Waals surface area contributed by atoms with E-state index in [9.17, 15) is 25.2 Å². The number of aliphatic hydroxyl groups excluding tert-OH is 4. The van der Waals surface area contributed by atoms with E-state index in [4.69, 9.17) is 0 Å². The Morgan fingerprint density at radius 1 is 0.324 bits per heavy atom. The molecule has 1 amide bonds. The molecule has 5 N–H and O–H groups in total. The largest absolute Gasteiger partial charge is 0.394 e. The zero-order valence-corrected chi connectivity index (χ0v) is 50.1. The molecule has 74 heavy (non-hydrogen) atoms. The first-order valence-electron chi connectivity index (χ1n) is 33.7. The van der Waals surface area contributed by atoms with Gasteiger partial charge in [0, 0.05) is 0 Å². The molecule has 0 spiro atoms. The SMILES string of the molecule is CCCCCCCCCCCCCCCCCCCCCC/C=C/CC/C=C/CCCC(O)C(O)C(CO)NC(=O)C(O)CCCCCCCCCCCCCCCCCCCCCCCCCCCCCCC. The molecule has 0 aromatic carbocycles. The summed E-state index contributed by atoms with van der Waals surface area (Å²) in [5, 5.41) is 44.1. The molecule has 0 aliphatic rings. The standard InChI is InChI=1S/C68H133NO5/c1-3-5-7-9-11-13-15-17-19-21-23-25-27-29-31-33-35-37-39-41-43-45-47-49-51-53-55-57-59-61-65(71)67(73)64(63-70)69-68(74)66(72)62-60-58-56-54-52-50-48-46-44-42-40-38-36-34-32-30-28-26-24-22-20-18-16-14-12-10-8-6-4-2/h45,47,53,55,64-67,70-73H,3-44,46,48-52,54,56-63H2,1-2H3,(H,69,74)/b47-45+,55-53+. The number of rotatable bonds is 63. The van der Waals surface area contributed by atoms with Crippen molar-refractivity contribution in [3.05, 3.63) is 24.3 Å². The van der Waals surface area contributed by atoms with E-state index in [1.165, 1.54) is 302 Å². The number of aliphatic hydroxyl groups is 4. The monoisotopic (exact) mass is 1040 g/mol. The lowest BCUT2D eigenvalue weighted by molar-refractivity contribution is -0.132. The Hall–Kier alpha value is -1.21. The molecule has 0 rings (SSSR count). The van der Waals surface area contributed by atoms with Gasteiger partial charge in [0.25, 0.3) is 0 Å². The van der Waals surface area contributed by atoms with E-state index in [1.54, 1.807) is 0 Å². The molecule has 440 valence electrons. The normalized spacial score (nSPS) is 13.6. The number of hydrogen-bond acceptors (Lipinski definition) is 5. The van der Waals surface area contributed by atoms with Gasteiger partial charge in [-0.3, -0.25) is 4.79 Å². The number of unbranched alkanes of at least 4 members (excludes halogenated alkanes) is 50. The second kappa shape index (κ2) is 62.6. The van der Waals surface area contributed by atoms with Gasteiger partial charge in [-0.15, -0.1) is 0 Å². The summed E-state index contributed by atoms with van der Waals surface area (Å²) >= 11 is 0. The smallest absolute Gasteiger partial charge is 0.249 e. The van der Waals surface area contributed by atoms with Gasteiger partial charge in [-0.2, -0.15) is 0 Å². The minimum absolute atomic E-state index is 0.365. The molecule has 6 nitrogen and oxygen atoms in total. The lowest BCUT2D eigenvalue weighted by Gasteiger charge is -2.27. The Bertz CT molecular complexity index is 1130. The molecule has 4 unspecified atom stereocenters. The average Bonchev–Trinajstić information content (AvgIpc) is 3.41. The van der Waals surface area contributed by atoms with Crippen LogP contribution in [0.25, 0.3) is 0 Å². The van der Waals surface area contributed by atoms with Gasteiger partial charge in [-0.1, -0.05) is 346 Å². The van der Waals surface area contributed by atoms with Crippen molar-refractivity contribution in [1.82, 2.24) is 5.32 Å². The summed E-state index contributed by atoms with van der Waals surface area (Å²) in [6, 6.07) is -1.01. The van der Waals surface area contributed by atoms with E-state index in [-0.39, 0.29) is 0 Å². The first kappa shape index (κ1) is 72.8. The van der Waals surface area contributed by atoms with Crippen LogP contribution in [0.1, 0.15) is 373 Å². The van der Waals surface area contributed by atoms with E-state index in [2.05, 4.69) is 43.5 Å². The van der Waals surface area contributed by atoms with E-state index in [1.807, 2.05) is 0 Å². The molecule has 0 aromatic rings. The second-order valence-corrected chi connectivity index (χ2v) is 23.5. The maximum absolute atomic E-state index is 12.6. The summed E-state index contributed by atoms with van der Waals surface area (Å²) in [7, 11) is 0. The van der Waals surface area contributed by atoms with Gasteiger partial charge < -0.3 is 25.7 Å². The minimum atomic E-state index is -1.29. The summed E-state index contributed by atoms with van der Waals surface area (Å²) in [6.07, 6.45) is 78.7. The number of hydrogen-bond donors (Lipinski definition) is 5. The molecule has 0 aliphatic heterocycles. The van der Waals surface area contributed by atoms with Crippen LogP contribution in [-0.2, 0) is 4.79 Å². The van der Waals surface area contributed by atoms with Crippen LogP contribution in [0.3, 0.4) is 0 Å². The molecule has 0 aromatic heterocycles. The molecule has 0 saturated heterocycles. The molecule has 0 radical (unpaired) electrons. The fourth-order valence-electron chi connectivity index (χ4n) is 10.9. The number of nitrogens with one attached hydrogen (secondary N) is 1. The summed E-state index contributed by atoms with van der Waals surface area (Å²) in [5.74, 6) is -0.590. The van der Waals surface area contributed by atoms with Crippen molar-refractivity contribution in [2.45, 2.75) is 398 Å². The Morgan fingerprint density at radius 3 is 0.851 bits per heavy atom. The van der Waals surface area contributed by atoms with Gasteiger partial charge >= 0.3 is 0 Å². The van der Waals surface area contributed by atoms with Crippen molar-refractivity contribution < 1.29 is 25.2 Å². The second-order valence-electron chi connectivity index (χ2n) is 23.5. The lowest BCUT2D eigenvalue weighted by Crippen LogP contribution is -2.53. The van der Waals surface area contributed by atoms with Gasteiger partial charge in [0.15, 0.2) is 0 Å². The first-order chi connectivity index (χ1) is 36.5. The van der Waals surface area contributed by atoms with Crippen molar-refractivity contribution in [3.8, 4) is 0 Å². The van der Waals surface area contributed by atoms with Crippen LogP contribution in [0.5, 0.6) is 0 Å². The summed E-state index contributed by atoms with van der Waals surface area (Å²) in [6.45, 7) is 4.10. The van der Waals surface area contributed by atoms with E-state index in [0.717, 1.165) is 38.5 Å². The number of amides is 1. The topological polar surface area (TPSA) is 110 Å². The molecule has 0 fully saturated rings. The van der Waals surface area contributed by atoms with Crippen LogP contribution in [-0.4, -0.2) is 57.3 Å². The molecular weight excluding hydrogens is 911 g/mol. The minimum Gasteiger partial charge on any atom is -0.394 e. The van der Waals surface area contributed by atoms with Crippen LogP contribution in [0.4, 0.5) is 0 Å². The molecule has 4 atom stereocenters. The van der Waals surface area contributed by atoms with Gasteiger partial charge in [0.2, 0.25) is 5.91 Å². The fraction of sp³-hybridized carbons (Fsp3) is 0.926. The summed E-state index contributed by atoms with van der Waals surface area (Å²) in [4.78, 5) is 12.6. The highest BCUT2D eigenvalue weighted by molar-refractivity contribution is 5.80. The Morgan fingerprint density at radius 2 is 0.568 bits per heavy atom. The quantitative estimate of drug-likeness (QED) is 0.0308. The van der Waals surface area contributed by atoms with Crippen LogP contribution < -0.4 is 5.32 Å². The fourth-order valence-corrected chi connectivity index (χ4v) is 10.9. The van der Waals surface area contributed by atoms with E-state index in [0.29, 0.717) is 19.3 Å². The van der Waals surface area contributed by atoms with Crippen LogP contribution in [0.15, 0.2) is 24.3 Å². The predicted molar refractivity (Wildman–Crippen MR) is 325 cm³/mol. The Labute approximate surface area is 463 Å². The van der Waals surface area contributed by atoms with Gasteiger partial charge in [0.1, 0.15) is 12.2 Å². The zero-order chi connectivity index (χ0) is 53.7. The van der Waals surface area contributed by atoms with Crippen molar-refractivity contribution in [2.75, 3.05) is 6.61 Å².